The third kappa shape index (κ3) is 3.56. The van der Waals surface area contributed by atoms with Gasteiger partial charge in [-0.05, 0) is 18.2 Å². The molecule has 0 radical (unpaired) electrons. The first kappa shape index (κ1) is 16.8. The van der Waals surface area contributed by atoms with Crippen molar-refractivity contribution in [2.24, 2.45) is 0 Å². The van der Waals surface area contributed by atoms with Crippen LogP contribution in [-0.4, -0.2) is 26.4 Å². The monoisotopic (exact) mass is 378 g/mol. The van der Waals surface area contributed by atoms with Gasteiger partial charge in [0.2, 0.25) is 5.16 Å². The van der Waals surface area contributed by atoms with Crippen LogP contribution in [0.1, 0.15) is 10.4 Å². The molecule has 0 fully saturated rings. The van der Waals surface area contributed by atoms with Gasteiger partial charge in [0.1, 0.15) is 0 Å². The van der Waals surface area contributed by atoms with Crippen molar-refractivity contribution >= 4 is 40.7 Å². The highest BCUT2D eigenvalue weighted by Gasteiger charge is 2.16. The number of aromatic nitrogens is 3. The van der Waals surface area contributed by atoms with Crippen LogP contribution in [0.4, 0.5) is 0 Å². The Bertz CT molecular complexity index is 883. The van der Waals surface area contributed by atoms with Crippen LogP contribution in [0, 0.1) is 0 Å². The topological polar surface area (TPSA) is 73.8 Å². The van der Waals surface area contributed by atoms with Crippen molar-refractivity contribution in [3.05, 3.63) is 64.1 Å². The molecule has 2 N–H and O–H groups in total. The third-order valence-corrected chi connectivity index (χ3v) is 4.75. The van der Waals surface area contributed by atoms with E-state index < -0.39 is 0 Å². The summed E-state index contributed by atoms with van der Waals surface area (Å²) in [6.45, 7) is 0. The van der Waals surface area contributed by atoms with Gasteiger partial charge in [-0.1, -0.05) is 65.3 Å². The van der Waals surface area contributed by atoms with E-state index >= 15 is 0 Å². The number of hydrogen-bond acceptors (Lipinski definition) is 5. The lowest BCUT2D eigenvalue weighted by molar-refractivity contribution is 0.102. The average molecular weight is 379 g/mol. The van der Waals surface area contributed by atoms with Crippen LogP contribution in [0.15, 0.2) is 53.7 Å². The summed E-state index contributed by atoms with van der Waals surface area (Å²) in [4.78, 5) is 12.3. The Hall–Kier alpha value is -2.02. The van der Waals surface area contributed by atoms with Crippen molar-refractivity contribution in [2.45, 2.75) is 5.16 Å². The van der Waals surface area contributed by atoms with E-state index in [1.807, 2.05) is 30.3 Å². The first-order chi connectivity index (χ1) is 11.6. The first-order valence-corrected chi connectivity index (χ1v) is 8.67. The smallest absolute Gasteiger partial charge is 0.210 e. The molecule has 0 saturated heterocycles. The summed E-state index contributed by atoms with van der Waals surface area (Å²) in [5.74, 6) is 6.57. The van der Waals surface area contributed by atoms with E-state index in [9.17, 15) is 4.79 Å². The van der Waals surface area contributed by atoms with Gasteiger partial charge >= 0.3 is 0 Å². The second kappa shape index (κ2) is 7.25. The third-order valence-electron chi connectivity index (χ3n) is 3.26. The average Bonchev–Trinajstić information content (AvgIpc) is 2.94. The number of nitrogen functional groups attached to an aromatic ring is 1. The predicted molar refractivity (Wildman–Crippen MR) is 97.1 cm³/mol. The standard InChI is InChI=1S/C16H12Cl2N4OS/c17-11-6-7-12(13(18)8-11)14(23)9-24-16-21-20-15(22(16)19)10-4-2-1-3-5-10/h1-8H,9,19H2. The van der Waals surface area contributed by atoms with Crippen molar-refractivity contribution in [1.82, 2.24) is 14.9 Å². The second-order valence-corrected chi connectivity index (χ2v) is 6.66. The zero-order valence-corrected chi connectivity index (χ0v) is 14.6. The predicted octanol–water partition coefficient (Wildman–Crippen LogP) is 3.94. The van der Waals surface area contributed by atoms with E-state index in [2.05, 4.69) is 10.2 Å². The molecule has 3 aromatic rings. The number of halogens is 2. The Labute approximate surface area is 152 Å². The molecule has 122 valence electrons. The number of Topliss-reactive ketones (excluding diaryl/α,β-unsaturated/α-hetero) is 1. The lowest BCUT2D eigenvalue weighted by Gasteiger charge is -2.05. The number of nitrogens with zero attached hydrogens (tertiary/aromatic N) is 3. The van der Waals surface area contributed by atoms with Crippen molar-refractivity contribution in [2.75, 3.05) is 11.6 Å². The van der Waals surface area contributed by atoms with Gasteiger partial charge in [0.05, 0.1) is 10.8 Å². The van der Waals surface area contributed by atoms with Gasteiger partial charge < -0.3 is 5.84 Å². The van der Waals surface area contributed by atoms with Crippen LogP contribution in [-0.2, 0) is 0 Å². The van der Waals surface area contributed by atoms with Crippen LogP contribution >= 0.6 is 35.0 Å². The quantitative estimate of drug-likeness (QED) is 0.413. The van der Waals surface area contributed by atoms with Crippen molar-refractivity contribution in [3.63, 3.8) is 0 Å². The van der Waals surface area contributed by atoms with Crippen molar-refractivity contribution < 1.29 is 4.79 Å². The van der Waals surface area contributed by atoms with Gasteiger partial charge in [-0.25, -0.2) is 4.68 Å². The maximum atomic E-state index is 12.3. The molecule has 0 aliphatic carbocycles. The molecule has 1 aromatic heterocycles. The summed E-state index contributed by atoms with van der Waals surface area (Å²) in [6, 6.07) is 14.2. The zero-order valence-electron chi connectivity index (χ0n) is 12.3. The molecular weight excluding hydrogens is 367 g/mol. The molecule has 1 heterocycles. The summed E-state index contributed by atoms with van der Waals surface area (Å²) < 4.78 is 1.37. The highest BCUT2D eigenvalue weighted by molar-refractivity contribution is 7.99. The minimum Gasteiger partial charge on any atom is -0.335 e. The molecule has 0 bridgehead atoms. The summed E-state index contributed by atoms with van der Waals surface area (Å²) in [5, 5.41) is 9.38. The largest absolute Gasteiger partial charge is 0.335 e. The lowest BCUT2D eigenvalue weighted by Crippen LogP contribution is -2.12. The fourth-order valence-electron chi connectivity index (χ4n) is 2.08. The number of ketones is 1. The van der Waals surface area contributed by atoms with Gasteiger partial charge in [0.15, 0.2) is 11.6 Å². The molecular formula is C16H12Cl2N4OS. The molecule has 0 aliphatic rings. The van der Waals surface area contributed by atoms with E-state index in [-0.39, 0.29) is 11.5 Å². The summed E-state index contributed by atoms with van der Waals surface area (Å²) in [5.41, 5.74) is 1.27. The summed E-state index contributed by atoms with van der Waals surface area (Å²) in [7, 11) is 0. The molecule has 0 atom stereocenters. The summed E-state index contributed by atoms with van der Waals surface area (Å²) in [6.07, 6.45) is 0. The van der Waals surface area contributed by atoms with Crippen LogP contribution in [0.2, 0.25) is 10.0 Å². The number of carbonyl (C=O) groups is 1. The Morgan fingerprint density at radius 1 is 1.12 bits per heavy atom. The van der Waals surface area contributed by atoms with Crippen LogP contribution < -0.4 is 5.84 Å². The van der Waals surface area contributed by atoms with E-state index in [0.717, 1.165) is 5.56 Å². The summed E-state index contributed by atoms with van der Waals surface area (Å²) >= 11 is 13.1. The number of rotatable bonds is 5. The van der Waals surface area contributed by atoms with E-state index in [1.54, 1.807) is 18.2 Å². The fraction of sp³-hybridized carbons (Fsp3) is 0.0625. The normalized spacial score (nSPS) is 10.8. The van der Waals surface area contributed by atoms with Gasteiger partial charge in [0.25, 0.3) is 0 Å². The molecule has 0 aliphatic heterocycles. The number of thioether (sulfide) groups is 1. The molecule has 5 nitrogen and oxygen atoms in total. The minimum absolute atomic E-state index is 0.133. The molecule has 0 spiro atoms. The Balaban J connectivity index is 1.73. The van der Waals surface area contributed by atoms with Gasteiger partial charge in [0, 0.05) is 16.1 Å². The number of nitrogens with two attached hydrogens (primary N) is 1. The number of carbonyl (C=O) groups excluding carboxylic acids is 1. The highest BCUT2D eigenvalue weighted by Crippen LogP contribution is 2.25. The van der Waals surface area contributed by atoms with Gasteiger partial charge in [-0.15, -0.1) is 10.2 Å². The van der Waals surface area contributed by atoms with Crippen LogP contribution in [0.5, 0.6) is 0 Å². The molecule has 24 heavy (non-hydrogen) atoms. The van der Waals surface area contributed by atoms with E-state index in [0.29, 0.717) is 26.6 Å². The maximum absolute atomic E-state index is 12.3. The van der Waals surface area contributed by atoms with Crippen LogP contribution in [0.25, 0.3) is 11.4 Å². The van der Waals surface area contributed by atoms with Crippen LogP contribution in [0.3, 0.4) is 0 Å². The lowest BCUT2D eigenvalue weighted by atomic mass is 10.1. The molecule has 8 heteroatoms. The molecule has 0 saturated carbocycles. The molecule has 0 amide bonds. The highest BCUT2D eigenvalue weighted by atomic mass is 35.5. The Morgan fingerprint density at radius 3 is 2.58 bits per heavy atom. The second-order valence-electron chi connectivity index (χ2n) is 4.88. The molecule has 2 aromatic carbocycles. The fourth-order valence-corrected chi connectivity index (χ4v) is 3.34. The number of benzene rings is 2. The minimum atomic E-state index is -0.133. The number of hydrogen-bond donors (Lipinski definition) is 1. The molecule has 0 unspecified atom stereocenters. The van der Waals surface area contributed by atoms with E-state index in [1.165, 1.54) is 16.4 Å². The van der Waals surface area contributed by atoms with Gasteiger partial charge in [-0.2, -0.15) is 0 Å². The Kier molecular flexibility index (Phi) is 5.08. The first-order valence-electron chi connectivity index (χ1n) is 6.93. The zero-order chi connectivity index (χ0) is 17.1. The van der Waals surface area contributed by atoms with Gasteiger partial charge in [-0.3, -0.25) is 4.79 Å². The van der Waals surface area contributed by atoms with E-state index in [4.69, 9.17) is 29.0 Å². The Morgan fingerprint density at radius 2 is 1.88 bits per heavy atom. The van der Waals surface area contributed by atoms with Crippen molar-refractivity contribution in [3.8, 4) is 11.4 Å². The van der Waals surface area contributed by atoms with Crippen molar-refractivity contribution in [1.29, 1.82) is 0 Å². The molecule has 3 rings (SSSR count). The SMILES string of the molecule is Nn1c(SCC(=O)c2ccc(Cl)cc2Cl)nnc1-c1ccccc1. The maximum Gasteiger partial charge on any atom is 0.210 e.